The van der Waals surface area contributed by atoms with E-state index < -0.39 is 0 Å². The van der Waals surface area contributed by atoms with Crippen LogP contribution in [0.5, 0.6) is 0 Å². The Hall–Kier alpha value is -1.37. The summed E-state index contributed by atoms with van der Waals surface area (Å²) in [7, 11) is 1.71. The second-order valence-electron chi connectivity index (χ2n) is 7.40. The van der Waals surface area contributed by atoms with Gasteiger partial charge in [0.15, 0.2) is 0 Å². The van der Waals surface area contributed by atoms with Crippen LogP contribution in [0.4, 0.5) is 0 Å². The monoisotopic (exact) mass is 381 g/mol. The summed E-state index contributed by atoms with van der Waals surface area (Å²) in [5, 5.41) is 3.69. The third-order valence-corrected chi connectivity index (χ3v) is 5.94. The zero-order valence-corrected chi connectivity index (χ0v) is 16.3. The largest absolute Gasteiger partial charge is 0.365 e. The number of amides is 2. The quantitative estimate of drug-likeness (QED) is 0.787. The lowest BCUT2D eigenvalue weighted by molar-refractivity contribution is -0.137. The van der Waals surface area contributed by atoms with Crippen LogP contribution in [-0.2, 0) is 14.3 Å². The average Bonchev–Trinajstić information content (AvgIpc) is 2.64. The Morgan fingerprint density at radius 3 is 2.73 bits per heavy atom. The lowest BCUT2D eigenvalue weighted by Gasteiger charge is -2.45. The number of carbonyl (C=O) groups excluding carboxylic acids is 2. The summed E-state index contributed by atoms with van der Waals surface area (Å²) in [6.45, 7) is 5.68. The number of nitrogens with one attached hydrogen (secondary N) is 1. The summed E-state index contributed by atoms with van der Waals surface area (Å²) < 4.78 is 5.24. The Kier molecular flexibility index (Phi) is 6.37. The molecule has 0 aromatic carbocycles. The normalized spacial score (nSPS) is 32.0. The van der Waals surface area contributed by atoms with Gasteiger partial charge in [0.05, 0.1) is 12.5 Å². The molecule has 4 heterocycles. The maximum absolute atomic E-state index is 12.7. The SMILES string of the molecule is CCC(/C=C(Cl)\C=C1/COCC(=O)N1C)C(=O)NC1CN2CCC1CC2. The standard InChI is InChI=1S/C19H28ClN3O3/c1-3-13(8-15(20)9-16-11-26-12-18(24)22(16)2)19(25)21-17-10-23-6-4-14(17)5-7-23/h8-9,13-14,17H,3-7,10-12H2,1-2H3,(H,21,25)/b15-8+,16-9+. The van der Waals surface area contributed by atoms with Gasteiger partial charge in [0.2, 0.25) is 5.91 Å². The van der Waals surface area contributed by atoms with Gasteiger partial charge >= 0.3 is 0 Å². The van der Waals surface area contributed by atoms with Gasteiger partial charge in [-0.2, -0.15) is 0 Å². The maximum atomic E-state index is 12.7. The second-order valence-corrected chi connectivity index (χ2v) is 7.84. The van der Waals surface area contributed by atoms with Crippen molar-refractivity contribution in [3.8, 4) is 0 Å². The van der Waals surface area contributed by atoms with Gasteiger partial charge in [-0.1, -0.05) is 24.6 Å². The van der Waals surface area contributed by atoms with E-state index >= 15 is 0 Å². The molecule has 0 saturated carbocycles. The summed E-state index contributed by atoms with van der Waals surface area (Å²) in [4.78, 5) is 28.4. The van der Waals surface area contributed by atoms with E-state index in [4.69, 9.17) is 16.3 Å². The molecule has 2 unspecified atom stereocenters. The number of hydrogen-bond donors (Lipinski definition) is 1. The fourth-order valence-corrected chi connectivity index (χ4v) is 4.21. The van der Waals surface area contributed by atoms with E-state index in [1.807, 2.05) is 6.92 Å². The molecule has 4 aliphatic rings. The molecular formula is C19H28ClN3O3. The van der Waals surface area contributed by atoms with E-state index in [0.29, 0.717) is 29.7 Å². The lowest BCUT2D eigenvalue weighted by atomic mass is 9.83. The fraction of sp³-hybridized carbons (Fsp3) is 0.684. The zero-order valence-electron chi connectivity index (χ0n) is 15.5. The van der Waals surface area contributed by atoms with E-state index in [0.717, 1.165) is 19.6 Å². The van der Waals surface area contributed by atoms with Crippen molar-refractivity contribution in [2.24, 2.45) is 11.8 Å². The van der Waals surface area contributed by atoms with Crippen LogP contribution in [0.3, 0.4) is 0 Å². The van der Waals surface area contributed by atoms with Crippen LogP contribution in [0.2, 0.25) is 0 Å². The minimum Gasteiger partial charge on any atom is -0.365 e. The molecule has 2 amide bonds. The predicted molar refractivity (Wildman–Crippen MR) is 100 cm³/mol. The number of hydrogen-bond acceptors (Lipinski definition) is 4. The van der Waals surface area contributed by atoms with Gasteiger partial charge < -0.3 is 19.9 Å². The molecule has 144 valence electrons. The number of carbonyl (C=O) groups is 2. The molecule has 6 nitrogen and oxygen atoms in total. The fourth-order valence-electron chi connectivity index (χ4n) is 3.93. The van der Waals surface area contributed by atoms with Gasteiger partial charge in [-0.3, -0.25) is 9.59 Å². The number of halogens is 1. The summed E-state index contributed by atoms with van der Waals surface area (Å²) >= 11 is 6.35. The van der Waals surface area contributed by atoms with Crippen molar-refractivity contribution in [1.29, 1.82) is 0 Å². The van der Waals surface area contributed by atoms with Crippen LogP contribution in [0.15, 0.2) is 22.9 Å². The van der Waals surface area contributed by atoms with Crippen molar-refractivity contribution in [2.45, 2.75) is 32.2 Å². The number of allylic oxidation sites excluding steroid dienone is 2. The smallest absolute Gasteiger partial charge is 0.252 e. The number of piperidine rings is 3. The van der Waals surface area contributed by atoms with Crippen LogP contribution in [0, 0.1) is 11.8 Å². The van der Waals surface area contributed by atoms with Crippen LogP contribution in [0.25, 0.3) is 0 Å². The second kappa shape index (κ2) is 8.55. The zero-order chi connectivity index (χ0) is 18.7. The molecule has 4 aliphatic heterocycles. The van der Waals surface area contributed by atoms with Crippen LogP contribution >= 0.6 is 11.6 Å². The molecule has 7 heteroatoms. The molecule has 0 spiro atoms. The van der Waals surface area contributed by atoms with Gasteiger partial charge in [-0.15, -0.1) is 0 Å². The first-order valence-electron chi connectivity index (χ1n) is 9.42. The molecule has 26 heavy (non-hydrogen) atoms. The molecular weight excluding hydrogens is 354 g/mol. The Bertz CT molecular complexity index is 611. The highest BCUT2D eigenvalue weighted by atomic mass is 35.5. The average molecular weight is 382 g/mol. The van der Waals surface area contributed by atoms with Crippen LogP contribution in [0.1, 0.15) is 26.2 Å². The van der Waals surface area contributed by atoms with Crippen molar-refractivity contribution < 1.29 is 14.3 Å². The third kappa shape index (κ3) is 4.48. The summed E-state index contributed by atoms with van der Waals surface area (Å²) in [5.41, 5.74) is 0.704. The summed E-state index contributed by atoms with van der Waals surface area (Å²) in [5.74, 6) is 0.258. The van der Waals surface area contributed by atoms with E-state index in [1.165, 1.54) is 12.8 Å². The van der Waals surface area contributed by atoms with Gasteiger partial charge in [0.25, 0.3) is 5.91 Å². The molecule has 4 fully saturated rings. The highest BCUT2D eigenvalue weighted by Crippen LogP contribution is 2.28. The first kappa shape index (κ1) is 19.4. The van der Waals surface area contributed by atoms with E-state index in [1.54, 1.807) is 24.1 Å². The minimum atomic E-state index is -0.277. The number of morpholine rings is 1. The van der Waals surface area contributed by atoms with Crippen molar-refractivity contribution >= 4 is 23.4 Å². The number of nitrogens with zero attached hydrogens (tertiary/aromatic N) is 2. The third-order valence-electron chi connectivity index (χ3n) is 5.71. The van der Waals surface area contributed by atoms with Crippen LogP contribution < -0.4 is 5.32 Å². The Morgan fingerprint density at radius 2 is 2.12 bits per heavy atom. The van der Waals surface area contributed by atoms with E-state index in [9.17, 15) is 9.59 Å². The highest BCUT2D eigenvalue weighted by molar-refractivity contribution is 6.31. The molecule has 0 radical (unpaired) electrons. The van der Waals surface area contributed by atoms with Gasteiger partial charge in [0, 0.05) is 30.4 Å². The van der Waals surface area contributed by atoms with Crippen molar-refractivity contribution in [2.75, 3.05) is 39.9 Å². The van der Waals surface area contributed by atoms with E-state index in [-0.39, 0.29) is 30.4 Å². The van der Waals surface area contributed by atoms with Gasteiger partial charge in [0.1, 0.15) is 6.61 Å². The van der Waals surface area contributed by atoms with E-state index in [2.05, 4.69) is 10.2 Å². The summed E-state index contributed by atoms with van der Waals surface area (Å²) in [6.07, 6.45) is 6.51. The Balaban J connectivity index is 1.63. The maximum Gasteiger partial charge on any atom is 0.252 e. The number of rotatable bonds is 5. The van der Waals surface area contributed by atoms with Crippen molar-refractivity contribution in [1.82, 2.24) is 15.1 Å². The Labute approximate surface area is 160 Å². The lowest BCUT2D eigenvalue weighted by Crippen LogP contribution is -2.57. The van der Waals surface area contributed by atoms with Crippen molar-refractivity contribution in [3.05, 3.63) is 22.9 Å². The number of ether oxygens (including phenoxy) is 1. The Morgan fingerprint density at radius 1 is 1.38 bits per heavy atom. The molecule has 1 N–H and O–H groups in total. The summed E-state index contributed by atoms with van der Waals surface area (Å²) in [6, 6.07) is 0.250. The molecule has 0 aromatic heterocycles. The molecule has 4 rings (SSSR count). The van der Waals surface area contributed by atoms with Crippen molar-refractivity contribution in [3.63, 3.8) is 0 Å². The van der Waals surface area contributed by atoms with Crippen LogP contribution in [-0.4, -0.2) is 67.6 Å². The molecule has 2 atom stereocenters. The number of likely N-dealkylation sites (N-methyl/N-ethyl adjacent to an activating group) is 1. The minimum absolute atomic E-state index is 0.0344. The first-order chi connectivity index (χ1) is 12.5. The highest BCUT2D eigenvalue weighted by Gasteiger charge is 2.35. The molecule has 2 bridgehead atoms. The first-order valence-corrected chi connectivity index (χ1v) is 9.80. The topological polar surface area (TPSA) is 61.9 Å². The molecule has 0 aromatic rings. The van der Waals surface area contributed by atoms with Gasteiger partial charge in [-0.05, 0) is 44.3 Å². The molecule has 4 saturated heterocycles. The predicted octanol–water partition coefficient (Wildman–Crippen LogP) is 1.72. The van der Waals surface area contributed by atoms with Gasteiger partial charge in [-0.25, -0.2) is 0 Å². The number of fused-ring (bicyclic) bond motifs is 3. The molecule has 0 aliphatic carbocycles.